The van der Waals surface area contributed by atoms with Gasteiger partial charge in [0.25, 0.3) is 0 Å². The molecule has 0 aliphatic carbocycles. The van der Waals surface area contributed by atoms with Crippen LogP contribution in [-0.4, -0.2) is 33.2 Å². The zero-order chi connectivity index (χ0) is 16.1. The summed E-state index contributed by atoms with van der Waals surface area (Å²) in [6.07, 6.45) is 2.22. The first-order chi connectivity index (χ1) is 10.5. The number of phenols is 1. The van der Waals surface area contributed by atoms with Gasteiger partial charge in [0, 0.05) is 7.05 Å². The van der Waals surface area contributed by atoms with Crippen molar-refractivity contribution in [2.75, 3.05) is 7.05 Å². The first-order valence-electron chi connectivity index (χ1n) is 7.24. The fraction of sp³-hybridized carbons (Fsp3) is 0.375. The molecule has 0 spiro atoms. The highest BCUT2D eigenvalue weighted by Crippen LogP contribution is 2.24. The largest absolute Gasteiger partial charge is 0.506 e. The molecular formula is C16H20ClN3O2. The maximum atomic E-state index is 12.2. The van der Waals surface area contributed by atoms with Crippen LogP contribution >= 0.6 is 11.6 Å². The van der Waals surface area contributed by atoms with Gasteiger partial charge in [0.15, 0.2) is 0 Å². The van der Waals surface area contributed by atoms with E-state index in [-0.39, 0.29) is 23.1 Å². The van der Waals surface area contributed by atoms with Crippen molar-refractivity contribution in [2.45, 2.75) is 32.7 Å². The summed E-state index contributed by atoms with van der Waals surface area (Å²) in [7, 11) is 1.75. The van der Waals surface area contributed by atoms with Crippen molar-refractivity contribution in [1.29, 1.82) is 0 Å². The Bertz CT molecular complexity index is 655. The number of benzene rings is 1. The Morgan fingerprint density at radius 2 is 2.18 bits per heavy atom. The lowest BCUT2D eigenvalue weighted by Crippen LogP contribution is -2.27. The second kappa shape index (κ2) is 7.31. The van der Waals surface area contributed by atoms with Crippen LogP contribution in [0.25, 0.3) is 0 Å². The number of halogens is 1. The van der Waals surface area contributed by atoms with Gasteiger partial charge in [0.2, 0.25) is 5.91 Å². The summed E-state index contributed by atoms with van der Waals surface area (Å²) in [6.45, 7) is 2.59. The first kappa shape index (κ1) is 16.4. The SMILES string of the molecule is CCCc1cc(CN(C)C(=O)Cc2ccc(O)c(Cl)c2)[nH]n1. The number of aromatic hydroxyl groups is 1. The summed E-state index contributed by atoms with van der Waals surface area (Å²) in [5.74, 6) is 0.000492. The molecule has 0 aliphatic heterocycles. The Morgan fingerprint density at radius 1 is 1.41 bits per heavy atom. The van der Waals surface area contributed by atoms with Gasteiger partial charge in [-0.3, -0.25) is 9.89 Å². The van der Waals surface area contributed by atoms with Crippen LogP contribution in [0.1, 0.15) is 30.3 Å². The molecule has 2 rings (SSSR count). The monoisotopic (exact) mass is 321 g/mol. The highest BCUT2D eigenvalue weighted by Gasteiger charge is 2.12. The summed E-state index contributed by atoms with van der Waals surface area (Å²) in [5, 5.41) is 16.8. The number of carbonyl (C=O) groups excluding carboxylic acids is 1. The number of nitrogens with zero attached hydrogens (tertiary/aromatic N) is 2. The molecule has 2 aromatic rings. The van der Waals surface area contributed by atoms with Gasteiger partial charge in [-0.05, 0) is 30.2 Å². The van der Waals surface area contributed by atoms with Crippen LogP contribution in [0.4, 0.5) is 0 Å². The maximum absolute atomic E-state index is 12.2. The standard InChI is InChI=1S/C16H20ClN3O2/c1-3-4-12-9-13(19-18-12)10-20(2)16(22)8-11-5-6-15(21)14(17)7-11/h5-7,9,21H,3-4,8,10H2,1-2H3,(H,18,19). The fourth-order valence-corrected chi connectivity index (χ4v) is 2.39. The van der Waals surface area contributed by atoms with Crippen molar-refractivity contribution in [3.8, 4) is 5.75 Å². The van der Waals surface area contributed by atoms with Gasteiger partial charge in [-0.25, -0.2) is 0 Å². The molecule has 0 radical (unpaired) electrons. The molecule has 0 unspecified atom stereocenters. The van der Waals surface area contributed by atoms with Crippen LogP contribution in [0, 0.1) is 0 Å². The predicted octanol–water partition coefficient (Wildman–Crippen LogP) is 2.92. The Hall–Kier alpha value is -2.01. The second-order valence-electron chi connectivity index (χ2n) is 5.35. The van der Waals surface area contributed by atoms with E-state index in [0.717, 1.165) is 29.8 Å². The molecule has 1 aromatic heterocycles. The van der Waals surface area contributed by atoms with E-state index < -0.39 is 0 Å². The molecule has 0 saturated heterocycles. The van der Waals surface area contributed by atoms with Gasteiger partial charge in [-0.15, -0.1) is 0 Å². The van der Waals surface area contributed by atoms with E-state index in [1.165, 1.54) is 6.07 Å². The Labute approximate surface area is 134 Å². The molecule has 2 N–H and O–H groups in total. The lowest BCUT2D eigenvalue weighted by atomic mass is 10.1. The first-order valence-corrected chi connectivity index (χ1v) is 7.62. The number of nitrogens with one attached hydrogen (secondary N) is 1. The summed E-state index contributed by atoms with van der Waals surface area (Å²) in [4.78, 5) is 13.9. The van der Waals surface area contributed by atoms with E-state index in [9.17, 15) is 9.90 Å². The molecule has 0 saturated carbocycles. The molecule has 0 aliphatic rings. The molecular weight excluding hydrogens is 302 g/mol. The van der Waals surface area contributed by atoms with Crippen molar-refractivity contribution >= 4 is 17.5 Å². The minimum absolute atomic E-state index is 0.0200. The van der Waals surface area contributed by atoms with E-state index in [4.69, 9.17) is 11.6 Å². The van der Waals surface area contributed by atoms with Gasteiger partial charge in [-0.1, -0.05) is 31.0 Å². The van der Waals surface area contributed by atoms with E-state index in [1.807, 2.05) is 6.07 Å². The smallest absolute Gasteiger partial charge is 0.227 e. The van der Waals surface area contributed by atoms with Gasteiger partial charge in [0.1, 0.15) is 5.75 Å². The zero-order valence-corrected chi connectivity index (χ0v) is 13.5. The summed E-state index contributed by atoms with van der Waals surface area (Å²) in [6, 6.07) is 6.79. The van der Waals surface area contributed by atoms with E-state index in [1.54, 1.807) is 24.1 Å². The molecule has 1 heterocycles. The van der Waals surface area contributed by atoms with Crippen molar-refractivity contribution in [3.05, 3.63) is 46.2 Å². The molecule has 0 bridgehead atoms. The molecule has 1 amide bonds. The maximum Gasteiger partial charge on any atom is 0.227 e. The Balaban J connectivity index is 1.94. The van der Waals surface area contributed by atoms with Gasteiger partial charge < -0.3 is 10.0 Å². The van der Waals surface area contributed by atoms with Crippen molar-refractivity contribution < 1.29 is 9.90 Å². The zero-order valence-electron chi connectivity index (χ0n) is 12.8. The number of H-pyrrole nitrogens is 1. The predicted molar refractivity (Wildman–Crippen MR) is 85.9 cm³/mol. The quantitative estimate of drug-likeness (QED) is 0.859. The van der Waals surface area contributed by atoms with Crippen LogP contribution < -0.4 is 0 Å². The molecule has 118 valence electrons. The molecule has 6 heteroatoms. The summed E-state index contributed by atoms with van der Waals surface area (Å²) >= 11 is 5.85. The average molecular weight is 322 g/mol. The Kier molecular flexibility index (Phi) is 5.44. The number of hydrogen-bond donors (Lipinski definition) is 2. The number of aromatic amines is 1. The highest BCUT2D eigenvalue weighted by atomic mass is 35.5. The number of hydrogen-bond acceptors (Lipinski definition) is 3. The number of likely N-dealkylation sites (N-methyl/N-ethyl adjacent to an activating group) is 1. The lowest BCUT2D eigenvalue weighted by Gasteiger charge is -2.16. The van der Waals surface area contributed by atoms with Crippen LogP contribution in [-0.2, 0) is 24.2 Å². The van der Waals surface area contributed by atoms with Crippen molar-refractivity contribution in [1.82, 2.24) is 15.1 Å². The molecule has 0 fully saturated rings. The number of phenolic OH excluding ortho intramolecular Hbond substituents is 1. The Morgan fingerprint density at radius 3 is 2.86 bits per heavy atom. The summed E-state index contributed by atoms with van der Waals surface area (Å²) in [5.41, 5.74) is 2.71. The molecule has 22 heavy (non-hydrogen) atoms. The van der Waals surface area contributed by atoms with Crippen molar-refractivity contribution in [2.24, 2.45) is 0 Å². The lowest BCUT2D eigenvalue weighted by molar-refractivity contribution is -0.129. The third kappa shape index (κ3) is 4.24. The van der Waals surface area contributed by atoms with Gasteiger partial charge >= 0.3 is 0 Å². The number of aromatic nitrogens is 2. The minimum Gasteiger partial charge on any atom is -0.506 e. The van der Waals surface area contributed by atoms with Crippen LogP contribution in [0.2, 0.25) is 5.02 Å². The number of amides is 1. The van der Waals surface area contributed by atoms with Crippen LogP contribution in [0.5, 0.6) is 5.75 Å². The summed E-state index contributed by atoms with van der Waals surface area (Å²) < 4.78 is 0. The second-order valence-corrected chi connectivity index (χ2v) is 5.75. The number of carbonyl (C=O) groups is 1. The molecule has 5 nitrogen and oxygen atoms in total. The molecule has 0 atom stereocenters. The van der Waals surface area contributed by atoms with Gasteiger partial charge in [0.05, 0.1) is 29.4 Å². The van der Waals surface area contributed by atoms with E-state index in [2.05, 4.69) is 17.1 Å². The van der Waals surface area contributed by atoms with Crippen LogP contribution in [0.15, 0.2) is 24.3 Å². The normalized spacial score (nSPS) is 10.7. The minimum atomic E-state index is -0.0200. The van der Waals surface area contributed by atoms with Gasteiger partial charge in [-0.2, -0.15) is 5.10 Å². The highest BCUT2D eigenvalue weighted by molar-refractivity contribution is 6.32. The van der Waals surface area contributed by atoms with Crippen LogP contribution in [0.3, 0.4) is 0 Å². The van der Waals surface area contributed by atoms with E-state index >= 15 is 0 Å². The number of aryl methyl sites for hydroxylation is 1. The third-order valence-corrected chi connectivity index (χ3v) is 3.69. The third-order valence-electron chi connectivity index (χ3n) is 3.39. The number of rotatable bonds is 6. The fourth-order valence-electron chi connectivity index (χ4n) is 2.19. The van der Waals surface area contributed by atoms with Crippen molar-refractivity contribution in [3.63, 3.8) is 0 Å². The molecule has 1 aromatic carbocycles. The topological polar surface area (TPSA) is 69.2 Å². The average Bonchev–Trinajstić information content (AvgIpc) is 2.90. The van der Waals surface area contributed by atoms with E-state index in [0.29, 0.717) is 6.54 Å².